The topological polar surface area (TPSA) is 30.0 Å². The summed E-state index contributed by atoms with van der Waals surface area (Å²) in [5.41, 5.74) is 4.92. The molecule has 0 bridgehead atoms. The van der Waals surface area contributed by atoms with Crippen molar-refractivity contribution >= 4 is 17.6 Å². The fraction of sp³-hybridized carbons (Fsp3) is 0.333. The fourth-order valence-corrected chi connectivity index (χ4v) is 3.38. The number of carbonyl (C=O) groups is 1. The Balaban J connectivity index is 2.03. The van der Waals surface area contributed by atoms with Gasteiger partial charge in [0.2, 0.25) is 0 Å². The summed E-state index contributed by atoms with van der Waals surface area (Å²) in [7, 11) is 0. The van der Waals surface area contributed by atoms with Gasteiger partial charge in [-0.3, -0.25) is 4.79 Å². The van der Waals surface area contributed by atoms with Crippen LogP contribution in [0.25, 0.3) is 10.6 Å². The van der Waals surface area contributed by atoms with Gasteiger partial charge in [-0.15, -0.1) is 11.3 Å². The summed E-state index contributed by atoms with van der Waals surface area (Å²) in [6, 6.07) is 6.61. The molecule has 0 atom stereocenters. The van der Waals surface area contributed by atoms with Crippen LogP contribution in [0.5, 0.6) is 0 Å². The highest BCUT2D eigenvalue weighted by Gasteiger charge is 2.13. The molecule has 0 fully saturated rings. The normalized spacial score (nSPS) is 14.3. The quantitative estimate of drug-likeness (QED) is 0.766. The number of nitrogens with zero attached hydrogens (tertiary/aromatic N) is 1. The molecule has 92 valence electrons. The van der Waals surface area contributed by atoms with Crippen LogP contribution in [-0.4, -0.2) is 11.3 Å². The Hall–Kier alpha value is -1.48. The molecule has 3 rings (SSSR count). The minimum atomic E-state index is 0.739. The summed E-state index contributed by atoms with van der Waals surface area (Å²) in [6.45, 7) is 1.89. The molecule has 0 spiro atoms. The van der Waals surface area contributed by atoms with Gasteiger partial charge in [-0.1, -0.05) is 12.1 Å². The van der Waals surface area contributed by atoms with E-state index < -0.39 is 0 Å². The fourth-order valence-electron chi connectivity index (χ4n) is 2.51. The molecule has 0 saturated heterocycles. The van der Waals surface area contributed by atoms with E-state index in [-0.39, 0.29) is 0 Å². The van der Waals surface area contributed by atoms with Crippen molar-refractivity contribution in [3.05, 3.63) is 39.9 Å². The predicted molar refractivity (Wildman–Crippen MR) is 74.3 cm³/mol. The van der Waals surface area contributed by atoms with Gasteiger partial charge in [-0.25, -0.2) is 4.98 Å². The first-order valence-electron chi connectivity index (χ1n) is 6.32. The van der Waals surface area contributed by atoms with Crippen LogP contribution >= 0.6 is 11.3 Å². The van der Waals surface area contributed by atoms with Crippen molar-refractivity contribution in [2.45, 2.75) is 32.6 Å². The van der Waals surface area contributed by atoms with Crippen molar-refractivity contribution < 1.29 is 4.79 Å². The molecule has 0 aliphatic heterocycles. The summed E-state index contributed by atoms with van der Waals surface area (Å²) in [6.07, 6.45) is 5.86. The lowest BCUT2D eigenvalue weighted by atomic mass is 9.90. The smallest absolute Gasteiger partial charge is 0.161 e. The van der Waals surface area contributed by atoms with Gasteiger partial charge >= 0.3 is 0 Å². The highest BCUT2D eigenvalue weighted by atomic mass is 32.1. The van der Waals surface area contributed by atoms with Crippen LogP contribution in [0.15, 0.2) is 18.2 Å². The largest absolute Gasteiger partial charge is 0.297 e. The number of fused-ring (bicyclic) bond motifs is 1. The molecule has 1 aliphatic carbocycles. The van der Waals surface area contributed by atoms with E-state index in [4.69, 9.17) is 0 Å². The van der Waals surface area contributed by atoms with Crippen LogP contribution in [0.2, 0.25) is 0 Å². The lowest BCUT2D eigenvalue weighted by Gasteiger charge is -2.15. The zero-order valence-corrected chi connectivity index (χ0v) is 11.2. The maximum Gasteiger partial charge on any atom is 0.161 e. The first kappa shape index (κ1) is 11.6. The third-order valence-electron chi connectivity index (χ3n) is 3.53. The first-order valence-corrected chi connectivity index (χ1v) is 7.14. The van der Waals surface area contributed by atoms with E-state index in [1.807, 2.05) is 6.92 Å². The Morgan fingerprint density at radius 1 is 1.22 bits per heavy atom. The van der Waals surface area contributed by atoms with E-state index >= 15 is 0 Å². The molecule has 1 aliphatic rings. The van der Waals surface area contributed by atoms with Gasteiger partial charge in [0.05, 0.1) is 10.6 Å². The van der Waals surface area contributed by atoms with Gasteiger partial charge in [0.25, 0.3) is 0 Å². The molecule has 3 heteroatoms. The molecule has 1 aromatic carbocycles. The maximum atomic E-state index is 10.9. The van der Waals surface area contributed by atoms with Crippen molar-refractivity contribution in [1.29, 1.82) is 0 Å². The molecule has 0 N–H and O–H groups in total. The highest BCUT2D eigenvalue weighted by molar-refractivity contribution is 7.16. The van der Waals surface area contributed by atoms with E-state index in [9.17, 15) is 4.79 Å². The van der Waals surface area contributed by atoms with E-state index in [2.05, 4.69) is 23.2 Å². The number of hydrogen-bond donors (Lipinski definition) is 0. The van der Waals surface area contributed by atoms with Crippen LogP contribution in [-0.2, 0) is 12.8 Å². The van der Waals surface area contributed by atoms with Crippen molar-refractivity contribution in [3.63, 3.8) is 0 Å². The predicted octanol–water partition coefficient (Wildman–Crippen LogP) is 3.81. The zero-order chi connectivity index (χ0) is 12.5. The van der Waals surface area contributed by atoms with Crippen molar-refractivity contribution in [2.24, 2.45) is 0 Å². The van der Waals surface area contributed by atoms with Gasteiger partial charge in [0, 0.05) is 5.56 Å². The van der Waals surface area contributed by atoms with Gasteiger partial charge in [0.1, 0.15) is 5.01 Å². The second-order valence-corrected chi connectivity index (χ2v) is 5.81. The average molecular weight is 257 g/mol. The van der Waals surface area contributed by atoms with E-state index in [1.165, 1.54) is 48.1 Å². The monoisotopic (exact) mass is 257 g/mol. The molecular weight excluding hydrogens is 242 g/mol. The first-order chi connectivity index (χ1) is 8.78. The van der Waals surface area contributed by atoms with Crippen LogP contribution in [0.1, 0.15) is 39.3 Å². The van der Waals surface area contributed by atoms with Gasteiger partial charge in [-0.2, -0.15) is 0 Å². The number of thiazole rings is 1. The van der Waals surface area contributed by atoms with Crippen LogP contribution in [0.4, 0.5) is 0 Å². The minimum absolute atomic E-state index is 0.739. The second kappa shape index (κ2) is 4.65. The maximum absolute atomic E-state index is 10.9. The minimum Gasteiger partial charge on any atom is -0.297 e. The van der Waals surface area contributed by atoms with Gasteiger partial charge < -0.3 is 0 Å². The Bertz CT molecular complexity index is 601. The number of rotatable bonds is 2. The molecular formula is C15H15NOS. The molecule has 2 nitrogen and oxygen atoms in total. The van der Waals surface area contributed by atoms with Gasteiger partial charge in [0.15, 0.2) is 6.29 Å². The van der Waals surface area contributed by atoms with Crippen LogP contribution in [0.3, 0.4) is 0 Å². The van der Waals surface area contributed by atoms with Gasteiger partial charge in [-0.05, 0) is 49.8 Å². The number of benzene rings is 1. The van der Waals surface area contributed by atoms with E-state index in [0.29, 0.717) is 0 Å². The molecule has 0 unspecified atom stereocenters. The van der Waals surface area contributed by atoms with Crippen molar-refractivity contribution in [2.75, 3.05) is 0 Å². The Morgan fingerprint density at radius 3 is 2.72 bits per heavy atom. The van der Waals surface area contributed by atoms with Crippen LogP contribution in [0, 0.1) is 6.92 Å². The second-order valence-electron chi connectivity index (χ2n) is 4.78. The average Bonchev–Trinajstić information content (AvgIpc) is 2.79. The Kier molecular flexibility index (Phi) is 3.00. The molecule has 18 heavy (non-hydrogen) atoms. The van der Waals surface area contributed by atoms with Crippen molar-refractivity contribution in [3.8, 4) is 10.6 Å². The number of hydrogen-bond acceptors (Lipinski definition) is 3. The third-order valence-corrected chi connectivity index (χ3v) is 4.67. The number of aromatic nitrogens is 1. The molecule has 1 aromatic heterocycles. The SMILES string of the molecule is Cc1nc(-c2ccc3c(c2)CCCC3)sc1C=O. The summed E-state index contributed by atoms with van der Waals surface area (Å²) >= 11 is 1.48. The van der Waals surface area contributed by atoms with Crippen LogP contribution < -0.4 is 0 Å². The number of carbonyl (C=O) groups excluding carboxylic acids is 1. The summed E-state index contributed by atoms with van der Waals surface area (Å²) in [5, 5.41) is 0.961. The Labute approximate surface area is 111 Å². The molecule has 0 saturated carbocycles. The summed E-state index contributed by atoms with van der Waals surface area (Å²) in [5.74, 6) is 0. The number of aryl methyl sites for hydroxylation is 3. The zero-order valence-electron chi connectivity index (χ0n) is 10.4. The van der Waals surface area contributed by atoms with E-state index in [0.717, 1.165) is 27.4 Å². The standard InChI is InChI=1S/C15H15NOS/c1-10-14(9-17)18-15(16-10)13-7-6-11-4-2-3-5-12(11)8-13/h6-9H,2-5H2,1H3. The molecule has 0 amide bonds. The lowest BCUT2D eigenvalue weighted by Crippen LogP contribution is -2.02. The van der Waals surface area contributed by atoms with E-state index in [1.54, 1.807) is 0 Å². The lowest BCUT2D eigenvalue weighted by molar-refractivity contribution is 0.112. The molecule has 1 heterocycles. The molecule has 0 radical (unpaired) electrons. The highest BCUT2D eigenvalue weighted by Crippen LogP contribution is 2.30. The molecule has 2 aromatic rings. The summed E-state index contributed by atoms with van der Waals surface area (Å²) < 4.78 is 0. The number of aldehydes is 1. The Morgan fingerprint density at radius 2 is 2.00 bits per heavy atom. The summed E-state index contributed by atoms with van der Waals surface area (Å²) in [4.78, 5) is 16.1. The third kappa shape index (κ3) is 1.99. The van der Waals surface area contributed by atoms with Crippen molar-refractivity contribution in [1.82, 2.24) is 4.98 Å².